The van der Waals surface area contributed by atoms with Crippen molar-refractivity contribution in [1.29, 1.82) is 0 Å². The number of carbonyl (C=O) groups is 2. The van der Waals surface area contributed by atoms with Crippen LogP contribution in [-0.2, 0) is 19.0 Å². The van der Waals surface area contributed by atoms with Crippen molar-refractivity contribution >= 4 is 11.7 Å². The largest absolute Gasteiger partial charge is 0.493 e. The van der Waals surface area contributed by atoms with Crippen LogP contribution < -0.4 is 10.1 Å². The minimum absolute atomic E-state index is 0.0207. The van der Waals surface area contributed by atoms with Gasteiger partial charge in [-0.25, -0.2) is 0 Å². The van der Waals surface area contributed by atoms with Gasteiger partial charge in [0.25, 0.3) is 0 Å². The molecule has 0 aliphatic heterocycles. The maximum Gasteiger partial charge on any atom is 0.224 e. The first-order valence-corrected chi connectivity index (χ1v) is 35.5. The molecule has 0 atom stereocenters. The third-order valence-electron chi connectivity index (χ3n) is 17.3. The van der Waals surface area contributed by atoms with Gasteiger partial charge in [-0.05, 0) is 48.6 Å². The second-order valence-electron chi connectivity index (χ2n) is 25.1. The molecule has 7 nitrogen and oxygen atoms in total. The maximum atomic E-state index is 14.0. The van der Waals surface area contributed by atoms with Gasteiger partial charge in [0.2, 0.25) is 5.91 Å². The van der Waals surface area contributed by atoms with Crippen LogP contribution >= 0.6 is 0 Å². The lowest BCUT2D eigenvalue weighted by Gasteiger charge is -2.34. The number of ether oxygens (including phenoxy) is 4. The third-order valence-corrected chi connectivity index (χ3v) is 17.3. The Kier molecular flexibility index (Phi) is 47.3. The smallest absolute Gasteiger partial charge is 0.224 e. The van der Waals surface area contributed by atoms with Crippen LogP contribution in [0.15, 0.2) is 42.5 Å². The van der Waals surface area contributed by atoms with E-state index in [-0.39, 0.29) is 24.7 Å². The van der Waals surface area contributed by atoms with E-state index >= 15 is 0 Å². The molecule has 2 aromatic rings. The van der Waals surface area contributed by atoms with E-state index in [9.17, 15) is 9.59 Å². The van der Waals surface area contributed by atoms with Crippen LogP contribution in [0.2, 0.25) is 0 Å². The van der Waals surface area contributed by atoms with Gasteiger partial charge in [0.15, 0.2) is 5.78 Å². The minimum atomic E-state index is -0.804. The zero-order valence-corrected chi connectivity index (χ0v) is 53.6. The van der Waals surface area contributed by atoms with E-state index in [0.29, 0.717) is 51.0 Å². The van der Waals surface area contributed by atoms with Crippen LogP contribution in [-0.4, -0.2) is 63.5 Å². The summed E-state index contributed by atoms with van der Waals surface area (Å²) in [6.07, 6.45) is 64.5. The SMILES string of the molecule is CCCCCCCCCCCCCCCCCCOCC(COCCCCCCCCCCCCCCCCCC)(COCCCCCCCCCCCCCCCCCC)NC(=O)CCOc1ccc2c(c1)C(=O)c1ccccc1-2. The highest BCUT2D eigenvalue weighted by Crippen LogP contribution is 2.38. The fourth-order valence-corrected chi connectivity index (χ4v) is 12.0. The molecule has 7 heteroatoms. The summed E-state index contributed by atoms with van der Waals surface area (Å²) in [5.74, 6) is 0.510. The molecule has 0 bridgehead atoms. The van der Waals surface area contributed by atoms with Crippen LogP contribution in [0.1, 0.15) is 351 Å². The standard InChI is InChI=1S/C74H129NO6/c1-4-7-10-13-16-19-22-25-28-31-34-37-40-43-46-51-59-78-64-74(65-79-60-52-47-44-41-38-35-32-29-26-23-20-17-14-11-8-5-2,66-80-61-53-48-45-42-39-36-33-30-27-24-21-18-15-12-9-6-3)75-72(76)58-62-81-67-56-57-69-68-54-49-50-55-70(68)73(77)71(69)63-67/h49-50,54-57,63H,4-48,51-53,58-62,64-66H2,1-3H3,(H,75,76). The Hall–Kier alpha value is -2.74. The molecule has 2 aromatic carbocycles. The van der Waals surface area contributed by atoms with Crippen LogP contribution in [0.4, 0.5) is 0 Å². The van der Waals surface area contributed by atoms with E-state index in [2.05, 4.69) is 26.1 Å². The number of ketones is 1. The Morgan fingerprint density at radius 3 is 0.951 bits per heavy atom. The van der Waals surface area contributed by atoms with E-state index < -0.39 is 5.54 Å². The van der Waals surface area contributed by atoms with Crippen molar-refractivity contribution < 1.29 is 28.5 Å². The molecule has 0 radical (unpaired) electrons. The highest BCUT2D eigenvalue weighted by atomic mass is 16.5. The van der Waals surface area contributed by atoms with E-state index in [1.165, 1.54) is 289 Å². The monoisotopic (exact) mass is 1130 g/mol. The van der Waals surface area contributed by atoms with Gasteiger partial charge in [0.05, 0.1) is 32.8 Å². The molecule has 1 aliphatic carbocycles. The molecule has 1 aliphatic rings. The first-order chi connectivity index (χ1) is 40.0. The summed E-state index contributed by atoms with van der Waals surface area (Å²) in [6, 6.07) is 13.4. The Morgan fingerprint density at radius 1 is 0.346 bits per heavy atom. The molecule has 466 valence electrons. The fourth-order valence-electron chi connectivity index (χ4n) is 12.0. The Bertz CT molecular complexity index is 1650. The highest BCUT2D eigenvalue weighted by molar-refractivity contribution is 6.21. The van der Waals surface area contributed by atoms with Crippen molar-refractivity contribution in [3.05, 3.63) is 53.6 Å². The summed E-state index contributed by atoms with van der Waals surface area (Å²) in [6.45, 7) is 10.1. The molecular formula is C74H129NO6. The highest BCUT2D eigenvalue weighted by Gasteiger charge is 2.34. The number of amides is 1. The average molecular weight is 1130 g/mol. The molecule has 0 fully saturated rings. The van der Waals surface area contributed by atoms with Gasteiger partial charge in [0, 0.05) is 30.9 Å². The van der Waals surface area contributed by atoms with Crippen molar-refractivity contribution in [2.24, 2.45) is 0 Å². The lowest BCUT2D eigenvalue weighted by Crippen LogP contribution is -2.58. The number of hydrogen-bond acceptors (Lipinski definition) is 6. The first kappa shape index (κ1) is 72.5. The molecule has 0 aromatic heterocycles. The molecule has 0 saturated carbocycles. The second-order valence-corrected chi connectivity index (χ2v) is 25.1. The number of carbonyl (C=O) groups excluding carboxylic acids is 2. The van der Waals surface area contributed by atoms with Crippen LogP contribution in [0.5, 0.6) is 5.75 Å². The van der Waals surface area contributed by atoms with Gasteiger partial charge in [0.1, 0.15) is 11.3 Å². The molecule has 0 spiro atoms. The van der Waals surface area contributed by atoms with Gasteiger partial charge >= 0.3 is 0 Å². The zero-order valence-electron chi connectivity index (χ0n) is 53.6. The molecule has 81 heavy (non-hydrogen) atoms. The lowest BCUT2D eigenvalue weighted by atomic mass is 10.0. The van der Waals surface area contributed by atoms with Crippen LogP contribution in [0.25, 0.3) is 11.1 Å². The van der Waals surface area contributed by atoms with Crippen LogP contribution in [0, 0.1) is 0 Å². The van der Waals surface area contributed by atoms with E-state index in [4.69, 9.17) is 18.9 Å². The molecule has 0 heterocycles. The quantitative estimate of drug-likeness (QED) is 0.0567. The number of unbranched alkanes of at least 4 members (excludes halogenated alkanes) is 45. The Morgan fingerprint density at radius 2 is 0.630 bits per heavy atom. The number of hydrogen-bond donors (Lipinski definition) is 1. The van der Waals surface area contributed by atoms with Gasteiger partial charge in [-0.15, -0.1) is 0 Å². The summed E-state index contributed by atoms with van der Waals surface area (Å²) in [5, 5.41) is 3.40. The van der Waals surface area contributed by atoms with Crippen molar-refractivity contribution in [3.8, 4) is 16.9 Å². The van der Waals surface area contributed by atoms with Gasteiger partial charge in [-0.1, -0.05) is 334 Å². The van der Waals surface area contributed by atoms with E-state index in [1.54, 1.807) is 0 Å². The van der Waals surface area contributed by atoms with Gasteiger partial charge < -0.3 is 24.3 Å². The number of nitrogens with one attached hydrogen (secondary N) is 1. The molecule has 1 amide bonds. The van der Waals surface area contributed by atoms with Gasteiger partial charge in [-0.2, -0.15) is 0 Å². The predicted molar refractivity (Wildman–Crippen MR) is 347 cm³/mol. The normalized spacial score (nSPS) is 12.2. The fraction of sp³-hybridized carbons (Fsp3) is 0.811. The Balaban J connectivity index is 1.47. The molecule has 1 N–H and O–H groups in total. The average Bonchev–Trinajstić information content (AvgIpc) is 4.00. The summed E-state index contributed by atoms with van der Waals surface area (Å²) in [7, 11) is 0. The van der Waals surface area contributed by atoms with Crippen molar-refractivity contribution in [2.75, 3.05) is 46.2 Å². The maximum absolute atomic E-state index is 14.0. The predicted octanol–water partition coefficient (Wildman–Crippen LogP) is 22.4. The molecule has 0 unspecified atom stereocenters. The Labute approximate surface area is 500 Å². The molecular weight excluding hydrogens is 999 g/mol. The summed E-state index contributed by atoms with van der Waals surface area (Å²) in [4.78, 5) is 27.2. The molecule has 3 rings (SSSR count). The zero-order chi connectivity index (χ0) is 57.6. The lowest BCUT2D eigenvalue weighted by molar-refractivity contribution is -0.128. The van der Waals surface area contributed by atoms with E-state index in [0.717, 1.165) is 36.0 Å². The summed E-state index contributed by atoms with van der Waals surface area (Å²) >= 11 is 0. The van der Waals surface area contributed by atoms with Gasteiger partial charge in [-0.3, -0.25) is 9.59 Å². The second kappa shape index (κ2) is 52.8. The van der Waals surface area contributed by atoms with Crippen molar-refractivity contribution in [1.82, 2.24) is 5.32 Å². The first-order valence-electron chi connectivity index (χ1n) is 35.5. The van der Waals surface area contributed by atoms with Crippen molar-refractivity contribution in [3.63, 3.8) is 0 Å². The number of rotatable bonds is 62. The molecule has 0 saturated heterocycles. The summed E-state index contributed by atoms with van der Waals surface area (Å²) in [5.41, 5.74) is 2.48. The number of fused-ring (bicyclic) bond motifs is 3. The van der Waals surface area contributed by atoms with Crippen molar-refractivity contribution in [2.45, 2.75) is 341 Å². The minimum Gasteiger partial charge on any atom is -0.493 e. The van der Waals surface area contributed by atoms with Crippen LogP contribution in [0.3, 0.4) is 0 Å². The topological polar surface area (TPSA) is 83.1 Å². The summed E-state index contributed by atoms with van der Waals surface area (Å²) < 4.78 is 25.7. The number of benzene rings is 2. The third kappa shape index (κ3) is 38.0. The van der Waals surface area contributed by atoms with E-state index in [1.807, 2.05) is 42.5 Å².